The van der Waals surface area contributed by atoms with Crippen LogP contribution in [0.5, 0.6) is 0 Å². The molecule has 0 spiro atoms. The first-order valence-electron chi connectivity index (χ1n) is 7.96. The first-order chi connectivity index (χ1) is 11.4. The number of esters is 1. The lowest BCUT2D eigenvalue weighted by Crippen LogP contribution is -2.16. The summed E-state index contributed by atoms with van der Waals surface area (Å²) in [5.41, 5.74) is 1.38. The van der Waals surface area contributed by atoms with Gasteiger partial charge in [-0.05, 0) is 45.1 Å². The number of nitrogens with one attached hydrogen (secondary N) is 1. The summed E-state index contributed by atoms with van der Waals surface area (Å²) in [5, 5.41) is 11.7. The van der Waals surface area contributed by atoms with Gasteiger partial charge in [-0.2, -0.15) is 0 Å². The van der Waals surface area contributed by atoms with Gasteiger partial charge in [0, 0.05) is 17.0 Å². The fraction of sp³-hybridized carbons (Fsp3) is 0.471. The number of aryl methyl sites for hydroxylation is 1. The van der Waals surface area contributed by atoms with Crippen molar-refractivity contribution in [2.24, 2.45) is 0 Å². The van der Waals surface area contributed by atoms with E-state index in [2.05, 4.69) is 5.32 Å². The molecule has 130 valence electrons. The first-order valence-corrected chi connectivity index (χ1v) is 8.77. The molecule has 24 heavy (non-hydrogen) atoms. The van der Waals surface area contributed by atoms with Crippen LogP contribution in [0.2, 0.25) is 0 Å². The lowest BCUT2D eigenvalue weighted by atomic mass is 10.1. The highest BCUT2D eigenvalue weighted by molar-refractivity contribution is 7.17. The highest BCUT2D eigenvalue weighted by Crippen LogP contribution is 2.38. The Morgan fingerprint density at radius 1 is 1.17 bits per heavy atom. The number of rotatable bonds is 5. The number of amides is 1. The summed E-state index contributed by atoms with van der Waals surface area (Å²) >= 11 is 1.38. The lowest BCUT2D eigenvalue weighted by molar-refractivity contribution is -0.131. The quantitative estimate of drug-likeness (QED) is 0.483. The number of fused-ring (bicyclic) bond motifs is 1. The summed E-state index contributed by atoms with van der Waals surface area (Å²) in [7, 11) is 0. The third kappa shape index (κ3) is 4.67. The highest BCUT2D eigenvalue weighted by Gasteiger charge is 2.26. The van der Waals surface area contributed by atoms with E-state index >= 15 is 0 Å². The molecule has 0 atom stereocenters. The number of carboxylic acid groups (broad SMARTS) is 1. The zero-order valence-electron chi connectivity index (χ0n) is 13.8. The molecule has 0 unspecified atom stereocenters. The molecule has 2 rings (SSSR count). The van der Waals surface area contributed by atoms with Gasteiger partial charge in [-0.15, -0.1) is 11.3 Å². The molecule has 0 saturated carbocycles. The Labute approximate surface area is 144 Å². The Bertz CT molecular complexity index is 675. The van der Waals surface area contributed by atoms with Gasteiger partial charge in [0.2, 0.25) is 5.91 Å². The summed E-state index contributed by atoms with van der Waals surface area (Å²) in [5.74, 6) is -2.22. The predicted molar refractivity (Wildman–Crippen MR) is 91.5 cm³/mol. The van der Waals surface area contributed by atoms with Crippen LogP contribution in [0.15, 0.2) is 12.2 Å². The smallest absolute Gasteiger partial charge is 0.341 e. The molecule has 0 aromatic carbocycles. The maximum absolute atomic E-state index is 12.5. The number of ether oxygens (including phenoxy) is 1. The highest BCUT2D eigenvalue weighted by atomic mass is 32.1. The van der Waals surface area contributed by atoms with Crippen molar-refractivity contribution in [2.45, 2.75) is 52.1 Å². The summed E-state index contributed by atoms with van der Waals surface area (Å²) in [4.78, 5) is 36.0. The molecule has 0 bridgehead atoms. The van der Waals surface area contributed by atoms with Crippen LogP contribution in [0.4, 0.5) is 5.00 Å². The number of carbonyl (C=O) groups excluding carboxylic acids is 2. The Morgan fingerprint density at radius 2 is 1.88 bits per heavy atom. The van der Waals surface area contributed by atoms with E-state index in [1.165, 1.54) is 11.3 Å². The molecular weight excluding hydrogens is 330 g/mol. The monoisotopic (exact) mass is 351 g/mol. The number of carboxylic acids is 1. The Morgan fingerprint density at radius 3 is 2.54 bits per heavy atom. The van der Waals surface area contributed by atoms with Gasteiger partial charge in [0.25, 0.3) is 0 Å². The second kappa shape index (κ2) is 8.10. The summed E-state index contributed by atoms with van der Waals surface area (Å²) in [6.45, 7) is 3.55. The topological polar surface area (TPSA) is 92.7 Å². The fourth-order valence-corrected chi connectivity index (χ4v) is 3.90. The maximum atomic E-state index is 12.5. The molecule has 7 heteroatoms. The standard InChI is InChI=1S/C17H21NO5S/c1-10(2)23-17(22)15-11-6-4-3-5-7-12(11)24-16(15)18-13(19)8-9-14(20)21/h8-10H,3-7H2,1-2H3,(H,18,19)(H,20,21). The molecule has 1 aromatic heterocycles. The zero-order valence-corrected chi connectivity index (χ0v) is 14.6. The van der Waals surface area contributed by atoms with Crippen molar-refractivity contribution in [1.29, 1.82) is 0 Å². The largest absolute Gasteiger partial charge is 0.478 e. The van der Waals surface area contributed by atoms with E-state index in [9.17, 15) is 14.4 Å². The van der Waals surface area contributed by atoms with E-state index in [1.807, 2.05) is 0 Å². The van der Waals surface area contributed by atoms with Crippen molar-refractivity contribution in [3.63, 3.8) is 0 Å². The van der Waals surface area contributed by atoms with Gasteiger partial charge < -0.3 is 15.2 Å². The maximum Gasteiger partial charge on any atom is 0.341 e. The normalized spacial score (nSPS) is 14.3. The summed E-state index contributed by atoms with van der Waals surface area (Å²) in [6, 6.07) is 0. The molecule has 6 nitrogen and oxygen atoms in total. The van der Waals surface area contributed by atoms with Gasteiger partial charge in [-0.25, -0.2) is 9.59 Å². The van der Waals surface area contributed by atoms with Crippen molar-refractivity contribution < 1.29 is 24.2 Å². The van der Waals surface area contributed by atoms with E-state index in [0.717, 1.165) is 54.7 Å². The van der Waals surface area contributed by atoms with Gasteiger partial charge in [-0.3, -0.25) is 4.79 Å². The van der Waals surface area contributed by atoms with Crippen molar-refractivity contribution >= 4 is 34.2 Å². The molecule has 1 aromatic rings. The van der Waals surface area contributed by atoms with Gasteiger partial charge in [0.15, 0.2) is 0 Å². The van der Waals surface area contributed by atoms with Crippen LogP contribution >= 0.6 is 11.3 Å². The van der Waals surface area contributed by atoms with Crippen molar-refractivity contribution in [1.82, 2.24) is 0 Å². The van der Waals surface area contributed by atoms with Crippen LogP contribution in [-0.2, 0) is 27.2 Å². The average Bonchev–Trinajstić information content (AvgIpc) is 2.65. The summed E-state index contributed by atoms with van der Waals surface area (Å²) < 4.78 is 5.33. The van der Waals surface area contributed by atoms with E-state index in [4.69, 9.17) is 9.84 Å². The molecule has 1 heterocycles. The van der Waals surface area contributed by atoms with E-state index in [-0.39, 0.29) is 6.10 Å². The van der Waals surface area contributed by atoms with Crippen molar-refractivity contribution in [3.05, 3.63) is 28.2 Å². The molecule has 0 saturated heterocycles. The fourth-order valence-electron chi connectivity index (χ4n) is 2.62. The molecule has 1 aliphatic rings. The first kappa shape index (κ1) is 18.2. The third-order valence-electron chi connectivity index (χ3n) is 3.58. The molecular formula is C17H21NO5S. The Kier molecular flexibility index (Phi) is 6.14. The Hall–Kier alpha value is -2.15. The zero-order chi connectivity index (χ0) is 17.7. The summed E-state index contributed by atoms with van der Waals surface area (Å²) in [6.07, 6.45) is 6.27. The van der Waals surface area contributed by atoms with Gasteiger partial charge in [-0.1, -0.05) is 6.42 Å². The van der Waals surface area contributed by atoms with E-state index in [0.29, 0.717) is 10.6 Å². The molecule has 0 aliphatic heterocycles. The number of hydrogen-bond donors (Lipinski definition) is 2. The second-order valence-electron chi connectivity index (χ2n) is 5.88. The molecule has 2 N–H and O–H groups in total. The minimum Gasteiger partial charge on any atom is -0.478 e. The van der Waals surface area contributed by atoms with Crippen LogP contribution < -0.4 is 5.32 Å². The lowest BCUT2D eigenvalue weighted by Gasteiger charge is -2.11. The molecule has 0 fully saturated rings. The average molecular weight is 351 g/mol. The molecule has 1 amide bonds. The predicted octanol–water partition coefficient (Wildman–Crippen LogP) is 3.16. The van der Waals surface area contributed by atoms with Crippen molar-refractivity contribution in [3.8, 4) is 0 Å². The number of carbonyl (C=O) groups is 3. The van der Waals surface area contributed by atoms with Crippen LogP contribution in [-0.4, -0.2) is 29.1 Å². The van der Waals surface area contributed by atoms with E-state index in [1.54, 1.807) is 13.8 Å². The second-order valence-corrected chi connectivity index (χ2v) is 6.99. The number of thiophene rings is 1. The van der Waals surface area contributed by atoms with Crippen LogP contribution in [0.25, 0.3) is 0 Å². The van der Waals surface area contributed by atoms with Gasteiger partial charge >= 0.3 is 11.9 Å². The van der Waals surface area contributed by atoms with Crippen LogP contribution in [0.3, 0.4) is 0 Å². The molecule has 1 aliphatic carbocycles. The molecule has 0 radical (unpaired) electrons. The van der Waals surface area contributed by atoms with Crippen LogP contribution in [0.1, 0.15) is 53.9 Å². The number of anilines is 1. The van der Waals surface area contributed by atoms with E-state index < -0.39 is 17.8 Å². The van der Waals surface area contributed by atoms with Gasteiger partial charge in [0.1, 0.15) is 5.00 Å². The SMILES string of the molecule is CC(C)OC(=O)c1c(NC(=O)C=CC(=O)O)sc2c1CCCCC2. The van der Waals surface area contributed by atoms with Gasteiger partial charge in [0.05, 0.1) is 11.7 Å². The Balaban J connectivity index is 2.33. The number of hydrogen-bond acceptors (Lipinski definition) is 5. The third-order valence-corrected chi connectivity index (χ3v) is 4.79. The minimum atomic E-state index is -1.20. The number of aliphatic carboxylic acids is 1. The van der Waals surface area contributed by atoms with Crippen molar-refractivity contribution in [2.75, 3.05) is 5.32 Å². The minimum absolute atomic E-state index is 0.255. The van der Waals surface area contributed by atoms with Crippen LogP contribution in [0, 0.1) is 0 Å².